The third-order valence-corrected chi connectivity index (χ3v) is 15.7. The molecule has 65 heavy (non-hydrogen) atoms. The van der Waals surface area contributed by atoms with Gasteiger partial charge in [0.1, 0.15) is 11.1 Å². The number of nitrogens with zero attached hydrogens (tertiary/aromatic N) is 3. The molecule has 0 saturated carbocycles. The summed E-state index contributed by atoms with van der Waals surface area (Å²) in [5.74, 6) is -2.75. The van der Waals surface area contributed by atoms with Crippen LogP contribution in [0.4, 0.5) is 15.3 Å². The molecule has 15 nitrogen and oxygen atoms in total. The molecule has 3 saturated heterocycles. The number of hydrogen-bond donors (Lipinski definition) is 6. The van der Waals surface area contributed by atoms with Crippen molar-refractivity contribution >= 4 is 41.5 Å². The van der Waals surface area contributed by atoms with Crippen LogP contribution in [0.15, 0.2) is 103 Å². The number of carboxylic acid groups (broad SMARTS) is 2. The zero-order valence-corrected chi connectivity index (χ0v) is 36.5. The molecular formula is C50H55N7O8. The van der Waals surface area contributed by atoms with Gasteiger partial charge in [-0.15, -0.1) is 0 Å². The summed E-state index contributed by atoms with van der Waals surface area (Å²) in [5, 5.41) is 24.6. The summed E-state index contributed by atoms with van der Waals surface area (Å²) in [6.07, 6.45) is 0.555. The molecule has 7 aliphatic rings. The van der Waals surface area contributed by atoms with E-state index >= 15 is 0 Å². The van der Waals surface area contributed by atoms with Crippen LogP contribution >= 0.6 is 0 Å². The molecule has 6 amide bonds. The Bertz CT molecular complexity index is 2420. The Labute approximate surface area is 377 Å². The van der Waals surface area contributed by atoms with E-state index in [1.54, 1.807) is 0 Å². The van der Waals surface area contributed by atoms with Crippen molar-refractivity contribution in [3.05, 3.63) is 125 Å². The lowest BCUT2D eigenvalue weighted by molar-refractivity contribution is -0.144. The number of hydrogen-bond acceptors (Lipinski definition) is 9. The van der Waals surface area contributed by atoms with Crippen molar-refractivity contribution in [3.63, 3.8) is 0 Å². The normalized spacial score (nSPS) is 30.3. The van der Waals surface area contributed by atoms with Gasteiger partial charge >= 0.3 is 12.2 Å². The fourth-order valence-electron chi connectivity index (χ4n) is 13.4. The summed E-state index contributed by atoms with van der Waals surface area (Å²) in [6.45, 7) is 4.52. The van der Waals surface area contributed by atoms with Gasteiger partial charge in [0.2, 0.25) is 11.8 Å². The van der Waals surface area contributed by atoms with E-state index in [0.717, 1.165) is 16.8 Å². The second-order valence-corrected chi connectivity index (χ2v) is 18.9. The molecule has 11 rings (SSSR count). The molecule has 4 unspecified atom stereocenters. The predicted molar refractivity (Wildman–Crippen MR) is 242 cm³/mol. The zero-order chi connectivity index (χ0) is 46.1. The van der Waals surface area contributed by atoms with Crippen LogP contribution in [0.2, 0.25) is 0 Å². The van der Waals surface area contributed by atoms with E-state index in [-0.39, 0.29) is 37.0 Å². The number of fused-ring (bicyclic) bond motifs is 6. The highest BCUT2D eigenvalue weighted by Gasteiger charge is 2.67. The monoisotopic (exact) mass is 881 g/mol. The average Bonchev–Trinajstić information content (AvgIpc) is 4.05. The van der Waals surface area contributed by atoms with Crippen molar-refractivity contribution in [1.29, 1.82) is 0 Å². The van der Waals surface area contributed by atoms with Crippen molar-refractivity contribution in [2.45, 2.75) is 111 Å². The van der Waals surface area contributed by atoms with Gasteiger partial charge in [-0.2, -0.15) is 0 Å². The van der Waals surface area contributed by atoms with Gasteiger partial charge in [0.25, 0.3) is 11.8 Å². The van der Waals surface area contributed by atoms with Crippen molar-refractivity contribution < 1.29 is 39.0 Å². The Kier molecular flexibility index (Phi) is 10.8. The summed E-state index contributed by atoms with van der Waals surface area (Å²) < 4.78 is 0. The number of carbonyl (C=O) groups excluding carboxylic acids is 4. The lowest BCUT2D eigenvalue weighted by Crippen LogP contribution is -2.72. The quantitative estimate of drug-likeness (QED) is 0.107. The molecule has 3 heterocycles. The first kappa shape index (κ1) is 43.7. The summed E-state index contributed by atoms with van der Waals surface area (Å²) in [6, 6.07) is 32.0. The van der Waals surface area contributed by atoms with Crippen LogP contribution in [0.5, 0.6) is 0 Å². The highest BCUT2D eigenvalue weighted by molar-refractivity contribution is 6.01. The number of anilines is 1. The summed E-state index contributed by atoms with van der Waals surface area (Å²) in [7, 11) is 0. The van der Waals surface area contributed by atoms with Gasteiger partial charge in [0.05, 0.1) is 0 Å². The molecule has 0 aromatic heterocycles. The van der Waals surface area contributed by atoms with Crippen molar-refractivity contribution in [2.24, 2.45) is 11.5 Å². The Balaban J connectivity index is 1.20. The van der Waals surface area contributed by atoms with Crippen LogP contribution in [0.3, 0.4) is 0 Å². The molecule has 4 bridgehead atoms. The third kappa shape index (κ3) is 6.52. The van der Waals surface area contributed by atoms with E-state index < -0.39 is 57.7 Å². The number of imide groups is 2. The van der Waals surface area contributed by atoms with E-state index in [1.807, 2.05) is 92.7 Å². The van der Waals surface area contributed by atoms with Gasteiger partial charge in [-0.1, -0.05) is 105 Å². The Hall–Kier alpha value is -6.58. The van der Waals surface area contributed by atoms with Crippen LogP contribution in [-0.4, -0.2) is 93.1 Å². The topological polar surface area (TPSA) is 229 Å². The fraction of sp³-hybridized carbons (Fsp3) is 0.400. The SMILES string of the molecule is CC1(CC(N)=O)c2ccc(cc2)[C@]1(C(=O)NC(=O)O)N1CCCC1[C@H]1CC[C@H](C2CCCN2[C@@]2(C(=O)NC(=O)O)c3ccc(cc3)C2(C)CC(N)=O)N1c1ccc(-c2ccccc2)cc1. The van der Waals surface area contributed by atoms with Crippen LogP contribution in [0.25, 0.3) is 11.1 Å². The van der Waals surface area contributed by atoms with E-state index in [9.17, 15) is 39.0 Å². The first-order valence-electron chi connectivity index (χ1n) is 22.4. The molecule has 4 aromatic rings. The molecule has 8 atom stereocenters. The predicted octanol–water partition coefficient (Wildman–Crippen LogP) is 5.29. The van der Waals surface area contributed by atoms with Gasteiger partial charge in [-0.25, -0.2) is 9.59 Å². The first-order valence-corrected chi connectivity index (χ1v) is 22.4. The maximum atomic E-state index is 14.9. The molecule has 0 spiro atoms. The molecule has 338 valence electrons. The molecular weight excluding hydrogens is 827 g/mol. The summed E-state index contributed by atoms with van der Waals surface area (Å²) in [5.41, 5.74) is 11.7. The standard InChI is InChI=1S/C50H55N7O8/c1-47(28-41(51)58)32-14-18-34(19-15-32)49(47,43(60)53-45(62)63)55-26-6-10-37(55)39-24-25-40(57(39)36-22-12-31(13-23-36)30-8-4-3-5-9-30)38-11-7-27-56(38)50(44(61)54-46(64)65)35-20-16-33(17-21-35)48(50,2)29-42(52)59/h3-5,8-9,12-23,37-40H,6-7,10-11,24-29H2,1-2H3,(H2,51,58)(H2,52,59)(H,53,60)(H,54,61)(H,62,63)(H,64,65)/t37?,38?,39-,40-,47?,48?,49-,50-/m1/s1. The largest absolute Gasteiger partial charge is 0.465 e. The summed E-state index contributed by atoms with van der Waals surface area (Å²) in [4.78, 5) is 87.3. The van der Waals surface area contributed by atoms with Crippen molar-refractivity contribution in [3.8, 4) is 11.1 Å². The van der Waals surface area contributed by atoms with Gasteiger partial charge in [0.15, 0.2) is 0 Å². The van der Waals surface area contributed by atoms with Crippen LogP contribution < -0.4 is 27.0 Å². The van der Waals surface area contributed by atoms with Crippen LogP contribution in [0.1, 0.15) is 87.5 Å². The van der Waals surface area contributed by atoms with Crippen molar-refractivity contribution in [1.82, 2.24) is 20.4 Å². The molecule has 8 N–H and O–H groups in total. The Morgan fingerprint density at radius 1 is 0.538 bits per heavy atom. The first-order chi connectivity index (χ1) is 31.1. The van der Waals surface area contributed by atoms with Gasteiger partial charge in [0, 0.05) is 53.5 Å². The molecule has 4 aliphatic carbocycles. The number of carbonyl (C=O) groups is 6. The third-order valence-electron chi connectivity index (χ3n) is 15.7. The Morgan fingerprint density at radius 3 is 1.31 bits per heavy atom. The zero-order valence-electron chi connectivity index (χ0n) is 36.5. The lowest BCUT2D eigenvalue weighted by Gasteiger charge is -2.58. The maximum Gasteiger partial charge on any atom is 0.411 e. The van der Waals surface area contributed by atoms with Crippen LogP contribution in [-0.2, 0) is 41.1 Å². The highest BCUT2D eigenvalue weighted by atomic mass is 16.4. The van der Waals surface area contributed by atoms with E-state index in [0.29, 0.717) is 73.9 Å². The minimum absolute atomic E-state index is 0.211. The molecule has 0 radical (unpaired) electrons. The number of benzene rings is 4. The second kappa shape index (κ2) is 16.1. The van der Waals surface area contributed by atoms with E-state index in [1.165, 1.54) is 0 Å². The molecule has 3 fully saturated rings. The number of primary amides is 2. The Morgan fingerprint density at radius 2 is 0.923 bits per heavy atom. The number of likely N-dealkylation sites (tertiary alicyclic amines) is 2. The lowest BCUT2D eigenvalue weighted by atomic mass is 9.56. The van der Waals surface area contributed by atoms with Gasteiger partial charge in [-0.05, 0) is 97.1 Å². The number of nitrogens with one attached hydrogen (secondary N) is 2. The van der Waals surface area contributed by atoms with Crippen LogP contribution in [0, 0.1) is 0 Å². The minimum atomic E-state index is -1.62. The van der Waals surface area contributed by atoms with E-state index in [2.05, 4.69) is 49.6 Å². The molecule has 3 aliphatic heterocycles. The smallest absolute Gasteiger partial charge is 0.411 e. The van der Waals surface area contributed by atoms with Gasteiger partial charge in [-0.3, -0.25) is 39.6 Å². The maximum absolute atomic E-state index is 14.9. The number of rotatable bonds is 12. The fourth-order valence-corrected chi connectivity index (χ4v) is 13.4. The van der Waals surface area contributed by atoms with Gasteiger partial charge < -0.3 is 26.6 Å². The number of nitrogens with two attached hydrogens (primary N) is 2. The second-order valence-electron chi connectivity index (χ2n) is 18.9. The minimum Gasteiger partial charge on any atom is -0.465 e. The molecule has 4 aromatic carbocycles. The molecule has 15 heteroatoms. The van der Waals surface area contributed by atoms with Crippen molar-refractivity contribution in [2.75, 3.05) is 18.0 Å². The average molecular weight is 882 g/mol. The number of amides is 6. The van der Waals surface area contributed by atoms with E-state index in [4.69, 9.17) is 11.5 Å². The summed E-state index contributed by atoms with van der Waals surface area (Å²) >= 11 is 0. The highest BCUT2D eigenvalue weighted by Crippen LogP contribution is 2.58.